The Morgan fingerprint density at radius 2 is 2.17 bits per heavy atom. The highest BCUT2D eigenvalue weighted by molar-refractivity contribution is 5.89. The van der Waals surface area contributed by atoms with Crippen molar-refractivity contribution in [1.82, 2.24) is 5.32 Å². The normalized spacial score (nSPS) is 11.6. The summed E-state index contributed by atoms with van der Waals surface area (Å²) in [4.78, 5) is 11.1. The number of anilines is 1. The molecule has 0 fully saturated rings. The highest BCUT2D eigenvalue weighted by atomic mass is 16.1. The van der Waals surface area contributed by atoms with Crippen LogP contribution in [0.15, 0.2) is 24.3 Å². The molecule has 1 amide bonds. The Balaban J connectivity index is 2.66. The maximum absolute atomic E-state index is 11.1. The highest BCUT2D eigenvalue weighted by Crippen LogP contribution is 2.15. The molecule has 0 spiro atoms. The van der Waals surface area contributed by atoms with Crippen LogP contribution in [0.2, 0.25) is 0 Å². The van der Waals surface area contributed by atoms with Crippen molar-refractivity contribution >= 4 is 11.6 Å². The van der Waals surface area contributed by atoms with E-state index in [2.05, 4.69) is 23.5 Å². The second-order valence-corrected chi connectivity index (χ2v) is 4.23. The molecule has 0 radical (unpaired) electrons. The topological polar surface area (TPSA) is 41.1 Å². The molecule has 0 aliphatic rings. The Bertz CT molecular complexity index is 434. The largest absolute Gasteiger partial charge is 0.326 e. The van der Waals surface area contributed by atoms with Crippen molar-refractivity contribution in [1.29, 1.82) is 0 Å². The first-order valence-electron chi connectivity index (χ1n) is 6.22. The van der Waals surface area contributed by atoms with Gasteiger partial charge in [0.25, 0.3) is 0 Å². The fourth-order valence-electron chi connectivity index (χ4n) is 1.75. The number of terminal acetylenes is 1. The SMILES string of the molecule is C#CC(CCC)NCc1ccccc1NC(C)=O. The predicted molar refractivity (Wildman–Crippen MR) is 75.1 cm³/mol. The van der Waals surface area contributed by atoms with E-state index >= 15 is 0 Å². The number of nitrogens with one attached hydrogen (secondary N) is 2. The molecule has 0 heterocycles. The number of para-hydroxylation sites is 1. The molecule has 1 unspecified atom stereocenters. The van der Waals surface area contributed by atoms with Gasteiger partial charge >= 0.3 is 0 Å². The van der Waals surface area contributed by atoms with Crippen molar-refractivity contribution in [2.75, 3.05) is 5.32 Å². The molecule has 1 rings (SSSR count). The van der Waals surface area contributed by atoms with Crippen LogP contribution in [-0.4, -0.2) is 11.9 Å². The third kappa shape index (κ3) is 4.60. The van der Waals surface area contributed by atoms with Gasteiger partial charge in [-0.05, 0) is 18.1 Å². The van der Waals surface area contributed by atoms with Crippen LogP contribution in [0.5, 0.6) is 0 Å². The molecule has 0 aromatic heterocycles. The van der Waals surface area contributed by atoms with Crippen molar-refractivity contribution in [3.05, 3.63) is 29.8 Å². The summed E-state index contributed by atoms with van der Waals surface area (Å²) in [7, 11) is 0. The van der Waals surface area contributed by atoms with Gasteiger partial charge in [-0.15, -0.1) is 6.42 Å². The van der Waals surface area contributed by atoms with E-state index in [1.165, 1.54) is 6.92 Å². The molecule has 0 saturated heterocycles. The summed E-state index contributed by atoms with van der Waals surface area (Å²) in [6.45, 7) is 4.27. The monoisotopic (exact) mass is 244 g/mol. The number of benzene rings is 1. The number of hydrogen-bond donors (Lipinski definition) is 2. The van der Waals surface area contributed by atoms with Gasteiger partial charge in [0.15, 0.2) is 0 Å². The third-order valence-electron chi connectivity index (χ3n) is 2.65. The number of amides is 1. The highest BCUT2D eigenvalue weighted by Gasteiger charge is 2.06. The van der Waals surface area contributed by atoms with E-state index in [4.69, 9.17) is 6.42 Å². The maximum atomic E-state index is 11.1. The Labute approximate surface area is 109 Å². The van der Waals surface area contributed by atoms with Crippen LogP contribution in [-0.2, 0) is 11.3 Å². The molecular weight excluding hydrogens is 224 g/mol. The molecule has 18 heavy (non-hydrogen) atoms. The van der Waals surface area contributed by atoms with Crippen molar-refractivity contribution in [2.24, 2.45) is 0 Å². The maximum Gasteiger partial charge on any atom is 0.221 e. The molecule has 0 aliphatic carbocycles. The lowest BCUT2D eigenvalue weighted by Crippen LogP contribution is -2.27. The molecule has 3 heteroatoms. The smallest absolute Gasteiger partial charge is 0.221 e. The number of hydrogen-bond acceptors (Lipinski definition) is 2. The third-order valence-corrected chi connectivity index (χ3v) is 2.65. The van der Waals surface area contributed by atoms with E-state index in [1.807, 2.05) is 24.3 Å². The van der Waals surface area contributed by atoms with Crippen LogP contribution in [0, 0.1) is 12.3 Å². The lowest BCUT2D eigenvalue weighted by molar-refractivity contribution is -0.114. The molecule has 96 valence electrons. The van der Waals surface area contributed by atoms with Gasteiger partial charge < -0.3 is 5.32 Å². The van der Waals surface area contributed by atoms with E-state index in [1.54, 1.807) is 0 Å². The van der Waals surface area contributed by atoms with E-state index in [0.717, 1.165) is 24.1 Å². The van der Waals surface area contributed by atoms with Gasteiger partial charge in [0.2, 0.25) is 5.91 Å². The van der Waals surface area contributed by atoms with Crippen molar-refractivity contribution < 1.29 is 4.79 Å². The molecular formula is C15H20N2O. The van der Waals surface area contributed by atoms with Crippen molar-refractivity contribution in [3.63, 3.8) is 0 Å². The Morgan fingerprint density at radius 1 is 1.44 bits per heavy atom. The minimum absolute atomic E-state index is 0.0653. The van der Waals surface area contributed by atoms with Gasteiger partial charge in [-0.1, -0.05) is 37.5 Å². The van der Waals surface area contributed by atoms with Gasteiger partial charge in [0.1, 0.15) is 0 Å². The van der Waals surface area contributed by atoms with E-state index in [9.17, 15) is 4.79 Å². The number of carbonyl (C=O) groups excluding carboxylic acids is 1. The summed E-state index contributed by atoms with van der Waals surface area (Å²) >= 11 is 0. The zero-order chi connectivity index (χ0) is 13.4. The molecule has 1 aromatic carbocycles. The van der Waals surface area contributed by atoms with Crippen LogP contribution in [0.3, 0.4) is 0 Å². The lowest BCUT2D eigenvalue weighted by Gasteiger charge is -2.14. The quantitative estimate of drug-likeness (QED) is 0.755. The first-order chi connectivity index (χ1) is 8.67. The predicted octanol–water partition coefficient (Wildman–Crippen LogP) is 2.54. The average Bonchev–Trinajstić information content (AvgIpc) is 2.35. The van der Waals surface area contributed by atoms with Gasteiger partial charge in [0, 0.05) is 19.2 Å². The fourth-order valence-corrected chi connectivity index (χ4v) is 1.75. The lowest BCUT2D eigenvalue weighted by atomic mass is 10.1. The first-order valence-corrected chi connectivity index (χ1v) is 6.22. The Morgan fingerprint density at radius 3 is 2.78 bits per heavy atom. The van der Waals surface area contributed by atoms with Gasteiger partial charge in [0.05, 0.1) is 6.04 Å². The summed E-state index contributed by atoms with van der Waals surface area (Å²) in [5, 5.41) is 6.13. The van der Waals surface area contributed by atoms with E-state index < -0.39 is 0 Å². The molecule has 1 aromatic rings. The van der Waals surface area contributed by atoms with Gasteiger partial charge in [-0.2, -0.15) is 0 Å². The summed E-state index contributed by atoms with van der Waals surface area (Å²) in [6, 6.07) is 7.81. The Kier molecular flexibility index (Phi) is 5.96. The second kappa shape index (κ2) is 7.52. The molecule has 2 N–H and O–H groups in total. The van der Waals surface area contributed by atoms with Crippen molar-refractivity contribution in [2.45, 2.75) is 39.3 Å². The minimum atomic E-state index is -0.0653. The van der Waals surface area contributed by atoms with Gasteiger partial charge in [-0.25, -0.2) is 0 Å². The molecule has 0 aliphatic heterocycles. The van der Waals surface area contributed by atoms with Gasteiger partial charge in [-0.3, -0.25) is 10.1 Å². The average molecular weight is 244 g/mol. The van der Waals surface area contributed by atoms with Crippen molar-refractivity contribution in [3.8, 4) is 12.3 Å². The standard InChI is InChI=1S/C15H20N2O/c1-4-8-14(5-2)16-11-13-9-6-7-10-15(13)17-12(3)18/h2,6-7,9-10,14,16H,4,8,11H2,1,3H3,(H,17,18). The summed E-state index contributed by atoms with van der Waals surface area (Å²) in [5.74, 6) is 2.67. The number of carbonyl (C=O) groups is 1. The molecule has 0 saturated carbocycles. The van der Waals surface area contributed by atoms with Crippen LogP contribution in [0.4, 0.5) is 5.69 Å². The van der Waals surface area contributed by atoms with Crippen LogP contribution < -0.4 is 10.6 Å². The van der Waals surface area contributed by atoms with E-state index in [0.29, 0.717) is 6.54 Å². The van der Waals surface area contributed by atoms with Crippen LogP contribution >= 0.6 is 0 Å². The summed E-state index contributed by atoms with van der Waals surface area (Å²) < 4.78 is 0. The molecule has 1 atom stereocenters. The fraction of sp³-hybridized carbons (Fsp3) is 0.400. The number of rotatable bonds is 6. The van der Waals surface area contributed by atoms with Crippen LogP contribution in [0.25, 0.3) is 0 Å². The minimum Gasteiger partial charge on any atom is -0.326 e. The summed E-state index contributed by atoms with van der Waals surface area (Å²) in [6.07, 6.45) is 7.47. The zero-order valence-corrected chi connectivity index (χ0v) is 11.0. The zero-order valence-electron chi connectivity index (χ0n) is 11.0. The molecule has 3 nitrogen and oxygen atoms in total. The second-order valence-electron chi connectivity index (χ2n) is 4.23. The van der Waals surface area contributed by atoms with E-state index in [-0.39, 0.29) is 11.9 Å². The first kappa shape index (κ1) is 14.3. The Hall–Kier alpha value is -1.79. The molecule has 0 bridgehead atoms. The van der Waals surface area contributed by atoms with Crippen LogP contribution in [0.1, 0.15) is 32.3 Å². The summed E-state index contributed by atoms with van der Waals surface area (Å²) in [5.41, 5.74) is 1.88.